The van der Waals surface area contributed by atoms with Crippen LogP contribution in [0.2, 0.25) is 0 Å². The molecule has 0 unspecified atom stereocenters. The van der Waals surface area contributed by atoms with E-state index in [9.17, 15) is 19.5 Å². The van der Waals surface area contributed by atoms with Crippen LogP contribution < -0.4 is 19.5 Å². The number of hydrogen-bond acceptors (Lipinski definition) is 8. The highest BCUT2D eigenvalue weighted by Crippen LogP contribution is 2.44. The van der Waals surface area contributed by atoms with Gasteiger partial charge in [0.2, 0.25) is 11.7 Å². The zero-order chi connectivity index (χ0) is 23.0. The van der Waals surface area contributed by atoms with Crippen LogP contribution >= 0.6 is 23.1 Å². The van der Waals surface area contributed by atoms with Crippen molar-refractivity contribution in [2.24, 2.45) is 0 Å². The van der Waals surface area contributed by atoms with Gasteiger partial charge in [-0.15, -0.1) is 11.3 Å². The lowest BCUT2D eigenvalue weighted by molar-refractivity contribution is -0.140. The minimum Gasteiger partial charge on any atom is -0.493 e. The van der Waals surface area contributed by atoms with Gasteiger partial charge >= 0.3 is 5.97 Å². The van der Waals surface area contributed by atoms with Gasteiger partial charge in [0.25, 0.3) is 0 Å². The molecule has 0 radical (unpaired) electrons. The second-order valence-electron chi connectivity index (χ2n) is 6.48. The molecular weight excluding hydrogens is 442 g/mol. The van der Waals surface area contributed by atoms with Gasteiger partial charge in [0.15, 0.2) is 17.3 Å². The van der Waals surface area contributed by atoms with Crippen LogP contribution in [0.1, 0.15) is 33.8 Å². The maximum Gasteiger partial charge on any atom is 0.327 e. The van der Waals surface area contributed by atoms with Gasteiger partial charge < -0.3 is 24.6 Å². The van der Waals surface area contributed by atoms with Crippen molar-refractivity contribution in [3.63, 3.8) is 0 Å². The van der Waals surface area contributed by atoms with Gasteiger partial charge in [0.05, 0.1) is 26.2 Å². The van der Waals surface area contributed by atoms with E-state index in [0.29, 0.717) is 22.1 Å². The first-order chi connectivity index (χ1) is 14.8. The van der Waals surface area contributed by atoms with Crippen molar-refractivity contribution in [1.82, 2.24) is 5.32 Å². The molecule has 0 bridgehead atoms. The normalized spacial score (nSPS) is 12.5. The van der Waals surface area contributed by atoms with Gasteiger partial charge in [0.1, 0.15) is 6.04 Å². The lowest BCUT2D eigenvalue weighted by Crippen LogP contribution is -2.41. The van der Waals surface area contributed by atoms with Crippen molar-refractivity contribution >= 4 is 40.8 Å². The van der Waals surface area contributed by atoms with E-state index in [2.05, 4.69) is 5.32 Å². The monoisotopic (exact) mass is 467 g/mol. The third kappa shape index (κ3) is 6.63. The largest absolute Gasteiger partial charge is 0.493 e. The molecule has 168 valence electrons. The number of carboxylic acid groups (broad SMARTS) is 1. The van der Waals surface area contributed by atoms with Crippen LogP contribution in [0.25, 0.3) is 0 Å². The van der Waals surface area contributed by atoms with Crippen molar-refractivity contribution < 1.29 is 33.7 Å². The summed E-state index contributed by atoms with van der Waals surface area (Å²) in [6.07, 6.45) is 0.135. The number of nitrogens with one attached hydrogen (secondary N) is 1. The second-order valence-corrected chi connectivity index (χ2v) is 8.66. The number of Topliss-reactive ketones (excluding diaryl/α,β-unsaturated/α-hetero) is 1. The molecule has 0 spiro atoms. The Kier molecular flexibility index (Phi) is 9.20. The SMILES string of the molecule is COc1cc([C@H](CC(=O)c2cccs2)SC[C@@H](NC(C)=O)C(=O)O)cc(OC)c1OC. The minimum absolute atomic E-state index is 0.0624. The molecule has 1 aromatic heterocycles. The first-order valence-corrected chi connectivity index (χ1v) is 11.2. The average molecular weight is 468 g/mol. The summed E-state index contributed by atoms with van der Waals surface area (Å²) in [6.45, 7) is 1.26. The van der Waals surface area contributed by atoms with Crippen LogP contribution in [0.5, 0.6) is 17.2 Å². The molecule has 1 heterocycles. The smallest absolute Gasteiger partial charge is 0.327 e. The lowest BCUT2D eigenvalue weighted by atomic mass is 10.0. The Hall–Kier alpha value is -2.72. The number of methoxy groups -OCH3 is 3. The zero-order valence-corrected chi connectivity index (χ0v) is 19.3. The topological polar surface area (TPSA) is 111 Å². The van der Waals surface area contributed by atoms with E-state index in [1.54, 1.807) is 24.3 Å². The van der Waals surface area contributed by atoms with E-state index in [0.717, 1.165) is 5.56 Å². The molecular formula is C21H25NO7S2. The number of thiophene rings is 1. The highest BCUT2D eigenvalue weighted by molar-refractivity contribution is 7.99. The van der Waals surface area contributed by atoms with Crippen LogP contribution in [0.15, 0.2) is 29.6 Å². The van der Waals surface area contributed by atoms with Crippen LogP contribution in [-0.4, -0.2) is 55.9 Å². The van der Waals surface area contributed by atoms with Crippen molar-refractivity contribution in [1.29, 1.82) is 0 Å². The summed E-state index contributed by atoms with van der Waals surface area (Å²) in [5.74, 6) is -0.279. The molecule has 0 fully saturated rings. The van der Waals surface area contributed by atoms with Crippen LogP contribution in [0, 0.1) is 0 Å². The maximum absolute atomic E-state index is 12.8. The highest BCUT2D eigenvalue weighted by Gasteiger charge is 2.26. The predicted molar refractivity (Wildman–Crippen MR) is 120 cm³/mol. The summed E-state index contributed by atoms with van der Waals surface area (Å²) >= 11 is 2.61. The van der Waals surface area contributed by atoms with Crippen molar-refractivity contribution in [2.75, 3.05) is 27.1 Å². The second kappa shape index (κ2) is 11.6. The number of carbonyl (C=O) groups excluding carboxylic acids is 2. The Morgan fingerprint density at radius 3 is 2.23 bits per heavy atom. The van der Waals surface area contributed by atoms with E-state index in [-0.39, 0.29) is 18.0 Å². The van der Waals surface area contributed by atoms with Gasteiger partial charge in [-0.05, 0) is 29.1 Å². The van der Waals surface area contributed by atoms with Crippen molar-refractivity contribution in [3.8, 4) is 17.2 Å². The number of ether oxygens (including phenoxy) is 3. The Morgan fingerprint density at radius 1 is 1.13 bits per heavy atom. The summed E-state index contributed by atoms with van der Waals surface area (Å²) in [6, 6.07) is 5.96. The molecule has 2 rings (SSSR count). The Balaban J connectivity index is 2.38. The van der Waals surface area contributed by atoms with Crippen molar-refractivity contribution in [2.45, 2.75) is 24.6 Å². The molecule has 0 aliphatic carbocycles. The molecule has 2 aromatic rings. The summed E-state index contributed by atoms with van der Waals surface area (Å²) in [4.78, 5) is 36.3. The minimum atomic E-state index is -1.14. The number of hydrogen-bond donors (Lipinski definition) is 2. The fraction of sp³-hybridized carbons (Fsp3) is 0.381. The molecule has 1 aromatic carbocycles. The van der Waals surface area contributed by atoms with Gasteiger partial charge in [-0.1, -0.05) is 6.07 Å². The summed E-state index contributed by atoms with van der Waals surface area (Å²) in [7, 11) is 4.49. The third-order valence-electron chi connectivity index (χ3n) is 4.37. The first kappa shape index (κ1) is 24.5. The average Bonchev–Trinajstić information content (AvgIpc) is 3.29. The Morgan fingerprint density at radius 2 is 1.77 bits per heavy atom. The summed E-state index contributed by atoms with van der Waals surface area (Å²) in [5, 5.41) is 13.3. The molecule has 1 amide bonds. The summed E-state index contributed by atoms with van der Waals surface area (Å²) in [5.41, 5.74) is 0.719. The molecule has 0 saturated heterocycles. The van der Waals surface area contributed by atoms with Crippen LogP contribution in [0.4, 0.5) is 0 Å². The molecule has 2 atom stereocenters. The molecule has 2 N–H and O–H groups in total. The van der Waals surface area contributed by atoms with Crippen LogP contribution in [0.3, 0.4) is 0 Å². The zero-order valence-electron chi connectivity index (χ0n) is 17.7. The van der Waals surface area contributed by atoms with Gasteiger partial charge in [-0.25, -0.2) is 4.79 Å². The molecule has 0 saturated carbocycles. The van der Waals surface area contributed by atoms with E-state index in [1.807, 2.05) is 5.38 Å². The van der Waals surface area contributed by atoms with E-state index >= 15 is 0 Å². The number of thioether (sulfide) groups is 1. The molecule has 31 heavy (non-hydrogen) atoms. The van der Waals surface area contributed by atoms with Crippen molar-refractivity contribution in [3.05, 3.63) is 40.1 Å². The van der Waals surface area contributed by atoms with E-state index in [1.165, 1.54) is 51.4 Å². The van der Waals surface area contributed by atoms with Gasteiger partial charge in [-0.2, -0.15) is 11.8 Å². The van der Waals surface area contributed by atoms with Gasteiger partial charge in [-0.3, -0.25) is 9.59 Å². The van der Waals surface area contributed by atoms with Crippen LogP contribution in [-0.2, 0) is 9.59 Å². The standard InChI is InChI=1S/C21H25NO7S2/c1-12(23)22-14(21(25)26)11-31-19(10-15(24)18-6-5-7-30-18)13-8-16(27-2)20(29-4)17(9-13)28-3/h5-9,14,19H,10-11H2,1-4H3,(H,22,23)(H,25,26)/t14-,19+/m1/s1. The highest BCUT2D eigenvalue weighted by atomic mass is 32.2. The predicted octanol–water partition coefficient (Wildman–Crippen LogP) is 3.41. The van der Waals surface area contributed by atoms with Gasteiger partial charge in [0, 0.05) is 24.3 Å². The maximum atomic E-state index is 12.8. The number of aliphatic carboxylic acids is 1. The first-order valence-electron chi connectivity index (χ1n) is 9.28. The fourth-order valence-electron chi connectivity index (χ4n) is 2.90. The third-order valence-corrected chi connectivity index (χ3v) is 6.64. The number of benzene rings is 1. The Bertz CT molecular complexity index is 889. The number of rotatable bonds is 12. The molecule has 10 heteroatoms. The Labute approximate surface area is 188 Å². The fourth-order valence-corrected chi connectivity index (χ4v) is 4.82. The molecule has 0 aliphatic rings. The van der Waals surface area contributed by atoms with E-state index in [4.69, 9.17) is 14.2 Å². The summed E-state index contributed by atoms with van der Waals surface area (Å²) < 4.78 is 16.2. The quantitative estimate of drug-likeness (QED) is 0.457. The number of carbonyl (C=O) groups is 3. The molecule has 0 aliphatic heterocycles. The molecule has 8 nitrogen and oxygen atoms in total. The number of amides is 1. The lowest BCUT2D eigenvalue weighted by Gasteiger charge is -2.22. The van der Waals surface area contributed by atoms with E-state index < -0.39 is 23.2 Å². The number of carboxylic acids is 1. The number of ketones is 1.